The van der Waals surface area contributed by atoms with Gasteiger partial charge in [-0.3, -0.25) is 14.3 Å². The van der Waals surface area contributed by atoms with E-state index in [0.717, 1.165) is 0 Å². The van der Waals surface area contributed by atoms with Crippen LogP contribution >= 0.6 is 0 Å². The van der Waals surface area contributed by atoms with E-state index in [1.807, 2.05) is 0 Å². The van der Waals surface area contributed by atoms with Crippen LogP contribution in [0.3, 0.4) is 0 Å². The molecule has 110 valence electrons. The normalized spacial score (nSPS) is 26.4. The van der Waals surface area contributed by atoms with Crippen molar-refractivity contribution in [2.24, 2.45) is 10.9 Å². The van der Waals surface area contributed by atoms with Crippen molar-refractivity contribution in [1.29, 1.82) is 0 Å². The molecule has 0 saturated carbocycles. The molecule has 1 amide bonds. The Hall–Kier alpha value is 0.246. The van der Waals surface area contributed by atoms with Crippen molar-refractivity contribution in [1.82, 2.24) is 4.31 Å². The molecule has 20 heavy (non-hydrogen) atoms. The Morgan fingerprint density at radius 3 is 2.35 bits per heavy atom. The fourth-order valence-electron chi connectivity index (χ4n) is 2.03. The Morgan fingerprint density at radius 2 is 2.00 bits per heavy atom. The summed E-state index contributed by atoms with van der Waals surface area (Å²) in [7, 11) is -3.58. The predicted octanol–water partition coefficient (Wildman–Crippen LogP) is -5.25. The van der Waals surface area contributed by atoms with Crippen molar-refractivity contribution in [2.45, 2.75) is 32.1 Å². The second-order valence-corrected chi connectivity index (χ2v) is 5.47. The Morgan fingerprint density at radius 1 is 1.50 bits per heavy atom. The summed E-state index contributed by atoms with van der Waals surface area (Å²) in [5, 5.41) is 20.5. The molecular formula is C9H15KN2O7S. The monoisotopic (exact) mass is 334 g/mol. The molecule has 11 heteroatoms. The number of ether oxygens (including phenoxy) is 1. The number of carbonyl (C=O) groups excluding carboxylic acids is 1. The third-order valence-corrected chi connectivity index (χ3v) is 3.78. The van der Waals surface area contributed by atoms with E-state index in [1.54, 1.807) is 0 Å². The molecule has 1 aliphatic rings. The van der Waals surface area contributed by atoms with E-state index in [0.29, 0.717) is 0 Å². The summed E-state index contributed by atoms with van der Waals surface area (Å²) in [5.74, 6) is -2.01. The van der Waals surface area contributed by atoms with Gasteiger partial charge in [0, 0.05) is 13.2 Å². The summed E-state index contributed by atoms with van der Waals surface area (Å²) in [6, 6.07) is -1.16. The number of rotatable bonds is 4. The quantitative estimate of drug-likeness (QED) is 0.172. The fourth-order valence-corrected chi connectivity index (χ4v) is 2.99. The number of carbonyl (C=O) groups is 1. The molecule has 4 atom stereocenters. The minimum atomic E-state index is -4.77. The van der Waals surface area contributed by atoms with E-state index in [-0.39, 0.29) is 55.7 Å². The van der Waals surface area contributed by atoms with Gasteiger partial charge < -0.3 is 14.9 Å². The average Bonchev–Trinajstić information content (AvgIpc) is 2.22. The van der Waals surface area contributed by atoms with Gasteiger partial charge in [-0.1, -0.05) is 6.92 Å². The number of hydrogen-bond acceptors (Lipinski definition) is 7. The van der Waals surface area contributed by atoms with E-state index in [2.05, 4.69) is 4.99 Å². The largest absolute Gasteiger partial charge is 1.00 e. The molecule has 0 unspecified atom stereocenters. The van der Waals surface area contributed by atoms with Crippen molar-refractivity contribution < 1.29 is 84.1 Å². The van der Waals surface area contributed by atoms with E-state index < -0.39 is 46.5 Å². The number of aliphatic imine (C=N–C) groups is 1. The Bertz CT molecular complexity index is 493. The average molecular weight is 334 g/mol. The van der Waals surface area contributed by atoms with Crippen LogP contribution in [-0.4, -0.2) is 59.7 Å². The first kappa shape index (κ1) is 20.2. The number of β-lactam (4-membered cyclic amide) rings is 1. The van der Waals surface area contributed by atoms with Gasteiger partial charge in [-0.25, -0.2) is 4.31 Å². The van der Waals surface area contributed by atoms with E-state index in [4.69, 9.17) is 9.29 Å². The number of aliphatic hydroxyl groups is 1. The van der Waals surface area contributed by atoms with Crippen molar-refractivity contribution in [2.75, 3.05) is 7.05 Å². The van der Waals surface area contributed by atoms with Gasteiger partial charge in [0.1, 0.15) is 6.08 Å². The van der Waals surface area contributed by atoms with Gasteiger partial charge in [0.2, 0.25) is 5.91 Å². The molecule has 1 rings (SSSR count). The molecule has 1 heterocycles. The molecule has 2 N–H and O–H groups in total. The molecule has 0 aromatic rings. The van der Waals surface area contributed by atoms with Gasteiger partial charge in [-0.2, -0.15) is 8.42 Å². The first-order chi connectivity index (χ1) is 8.61. The van der Waals surface area contributed by atoms with Crippen molar-refractivity contribution >= 4 is 22.3 Å². The topological polar surface area (TPSA) is 140 Å². The second kappa shape index (κ2) is 7.49. The maximum absolute atomic E-state index is 11.6. The molecule has 1 saturated heterocycles. The number of amides is 1. The number of nitrogens with zero attached hydrogens (tertiary/aromatic N) is 2. The van der Waals surface area contributed by atoms with Crippen LogP contribution < -0.4 is 56.5 Å². The SMILES string of the molecule is CN=C([O-])O[C@@H](C)[C@@H]1[C@@H]([C@@H](C)O)C(=O)N1S(=O)(=O)O.[K+]. The van der Waals surface area contributed by atoms with Gasteiger partial charge in [0.15, 0.2) is 0 Å². The van der Waals surface area contributed by atoms with Crippen LogP contribution in [0.5, 0.6) is 0 Å². The van der Waals surface area contributed by atoms with Crippen LogP contribution in [0.25, 0.3) is 0 Å². The Balaban J connectivity index is 0.00000361. The standard InChI is InChI=1S/C9H16N2O7S.K/c1-4(12)6-7(5(2)18-9(14)10-3)11(8(6)13)19(15,16)17;/h4-7,12H,1-3H3,(H,10,14)(H,15,16,17);/q;+1/p-1/t4-,5+,6-,7-;/m1./s1. The molecule has 9 nitrogen and oxygen atoms in total. The van der Waals surface area contributed by atoms with Gasteiger partial charge in [0.05, 0.1) is 18.1 Å². The minimum absolute atomic E-state index is 0. The third-order valence-electron chi connectivity index (χ3n) is 2.86. The predicted molar refractivity (Wildman–Crippen MR) is 61.3 cm³/mol. The van der Waals surface area contributed by atoms with Crippen molar-refractivity contribution in [3.8, 4) is 0 Å². The Labute approximate surface area is 159 Å². The van der Waals surface area contributed by atoms with Crippen molar-refractivity contribution in [3.63, 3.8) is 0 Å². The molecule has 0 aromatic heterocycles. The zero-order valence-corrected chi connectivity index (χ0v) is 15.5. The molecule has 1 fully saturated rings. The number of hydrogen-bond donors (Lipinski definition) is 2. The molecule has 0 aliphatic carbocycles. The fraction of sp³-hybridized carbons (Fsp3) is 0.778. The van der Waals surface area contributed by atoms with Crippen LogP contribution in [0.15, 0.2) is 4.99 Å². The van der Waals surface area contributed by atoms with Crippen molar-refractivity contribution in [3.05, 3.63) is 0 Å². The Kier molecular flexibility index (Phi) is 7.58. The molecule has 0 bridgehead atoms. The summed E-state index contributed by atoms with van der Waals surface area (Å²) in [4.78, 5) is 14.8. The smallest absolute Gasteiger partial charge is 0.595 e. The first-order valence-electron chi connectivity index (χ1n) is 5.40. The van der Waals surface area contributed by atoms with Crippen LogP contribution in [0, 0.1) is 5.92 Å². The van der Waals surface area contributed by atoms with Crippen LogP contribution in [0.4, 0.5) is 0 Å². The van der Waals surface area contributed by atoms with Crippen LogP contribution in [0.2, 0.25) is 0 Å². The van der Waals surface area contributed by atoms with Gasteiger partial charge in [-0.05, 0) is 6.92 Å². The van der Waals surface area contributed by atoms with Crippen LogP contribution in [-0.2, 0) is 19.8 Å². The summed E-state index contributed by atoms with van der Waals surface area (Å²) in [5.41, 5.74) is 0. The summed E-state index contributed by atoms with van der Waals surface area (Å²) >= 11 is 0. The van der Waals surface area contributed by atoms with E-state index in [1.165, 1.54) is 20.9 Å². The molecule has 0 aromatic carbocycles. The van der Waals surface area contributed by atoms with E-state index >= 15 is 0 Å². The van der Waals surface area contributed by atoms with E-state index in [9.17, 15) is 23.4 Å². The van der Waals surface area contributed by atoms with Gasteiger partial charge in [0.25, 0.3) is 0 Å². The summed E-state index contributed by atoms with van der Waals surface area (Å²) < 4.78 is 36.1. The molecule has 1 aliphatic heterocycles. The maximum Gasteiger partial charge on any atom is 1.00 e. The second-order valence-electron chi connectivity index (χ2n) is 4.18. The van der Waals surface area contributed by atoms with Gasteiger partial charge in [-0.15, -0.1) is 0 Å². The molecular weight excluding hydrogens is 319 g/mol. The minimum Gasteiger partial charge on any atom is -0.595 e. The first-order valence-corrected chi connectivity index (χ1v) is 6.80. The summed E-state index contributed by atoms with van der Waals surface area (Å²) in [6.07, 6.45) is -3.13. The zero-order valence-electron chi connectivity index (χ0n) is 11.5. The molecule has 0 radical (unpaired) electrons. The third kappa shape index (κ3) is 4.13. The summed E-state index contributed by atoms with van der Waals surface area (Å²) in [6.45, 7) is 2.64. The maximum atomic E-state index is 11.6. The number of aliphatic hydroxyl groups excluding tert-OH is 1. The van der Waals surface area contributed by atoms with Gasteiger partial charge >= 0.3 is 61.7 Å². The zero-order chi connectivity index (χ0) is 15.0. The van der Waals surface area contributed by atoms with Crippen LogP contribution in [0.1, 0.15) is 13.8 Å². The molecule has 0 spiro atoms.